The predicted molar refractivity (Wildman–Crippen MR) is 159 cm³/mol. The number of pyridine rings is 1. The van der Waals surface area contributed by atoms with Gasteiger partial charge in [-0.1, -0.05) is 49.9 Å². The third-order valence-corrected chi connectivity index (χ3v) is 8.54. The molecular weight excluding hydrogens is 522 g/mol. The number of hydrogen-bond donors (Lipinski definition) is 0. The van der Waals surface area contributed by atoms with Crippen LogP contribution in [-0.4, -0.2) is 61.4 Å². The first kappa shape index (κ1) is 29.2. The van der Waals surface area contributed by atoms with Crippen LogP contribution in [0.1, 0.15) is 42.8 Å². The van der Waals surface area contributed by atoms with Gasteiger partial charge in [0.1, 0.15) is 5.75 Å². The number of piperazine rings is 1. The van der Waals surface area contributed by atoms with E-state index in [0.717, 1.165) is 30.8 Å². The molecule has 1 amide bonds. The van der Waals surface area contributed by atoms with E-state index in [0.29, 0.717) is 29.7 Å². The van der Waals surface area contributed by atoms with Crippen LogP contribution in [0, 0.1) is 0 Å². The Bertz CT molecular complexity index is 1560. The molecule has 0 radical (unpaired) electrons. The number of amides is 1. The number of rotatable bonds is 8. The molecule has 1 saturated heterocycles. The molecule has 0 unspecified atom stereocenters. The van der Waals surface area contributed by atoms with Crippen LogP contribution in [0.5, 0.6) is 5.75 Å². The SMILES string of the molecule is C.CC(C)Oc1cccc(CN2CCN(C(=O)c3ccc(CS(=O)(=O)c4cccc5cccnc45)cc3)CC2)c1. The molecular formula is C32H37N3O4S. The number of para-hydroxylation sites is 1. The molecule has 8 heteroatoms. The molecule has 4 aromatic rings. The normalized spacial score (nSPS) is 14.2. The molecule has 210 valence electrons. The second-order valence-corrected chi connectivity index (χ2v) is 12.1. The van der Waals surface area contributed by atoms with E-state index in [1.165, 1.54) is 5.56 Å². The van der Waals surface area contributed by atoms with E-state index in [2.05, 4.69) is 22.0 Å². The molecule has 1 aliphatic rings. The van der Waals surface area contributed by atoms with Gasteiger partial charge < -0.3 is 9.64 Å². The zero-order valence-electron chi connectivity index (χ0n) is 22.3. The van der Waals surface area contributed by atoms with Crippen LogP contribution >= 0.6 is 0 Å². The summed E-state index contributed by atoms with van der Waals surface area (Å²) in [7, 11) is -3.61. The van der Waals surface area contributed by atoms with Crippen LogP contribution in [-0.2, 0) is 22.1 Å². The summed E-state index contributed by atoms with van der Waals surface area (Å²) in [5.74, 6) is 0.690. The standard InChI is InChI=1S/C31H33N3O4S.CH4/c1-23(2)38-28-9-3-6-25(20-28)21-33-16-18-34(19-17-33)31(35)27-13-11-24(12-14-27)22-39(36,37)29-10-4-7-26-8-5-15-32-30(26)29;/h3-15,20,23H,16-19,21-22H2,1-2H3;1H4. The molecule has 0 aliphatic carbocycles. The second-order valence-electron chi connectivity index (χ2n) is 10.2. The second kappa shape index (κ2) is 12.6. The van der Waals surface area contributed by atoms with Crippen LogP contribution in [0.25, 0.3) is 10.9 Å². The number of ether oxygens (including phenoxy) is 1. The average molecular weight is 560 g/mol. The topological polar surface area (TPSA) is 79.8 Å². The Labute approximate surface area is 237 Å². The first-order valence-electron chi connectivity index (χ1n) is 13.2. The third-order valence-electron chi connectivity index (χ3n) is 6.82. The maximum Gasteiger partial charge on any atom is 0.253 e. The predicted octanol–water partition coefficient (Wildman–Crippen LogP) is 5.59. The van der Waals surface area contributed by atoms with Crippen molar-refractivity contribution in [1.29, 1.82) is 0 Å². The van der Waals surface area contributed by atoms with Crippen LogP contribution in [0.3, 0.4) is 0 Å². The maximum absolute atomic E-state index is 13.2. The van der Waals surface area contributed by atoms with Gasteiger partial charge in [0, 0.05) is 49.9 Å². The van der Waals surface area contributed by atoms with Gasteiger partial charge in [0.25, 0.3) is 5.91 Å². The summed E-state index contributed by atoms with van der Waals surface area (Å²) in [6.45, 7) is 7.71. The van der Waals surface area contributed by atoms with Crippen molar-refractivity contribution < 1.29 is 17.9 Å². The number of carbonyl (C=O) groups is 1. The molecule has 1 fully saturated rings. The minimum absolute atomic E-state index is 0. The zero-order chi connectivity index (χ0) is 27.4. The molecule has 1 aliphatic heterocycles. The number of hydrogen-bond acceptors (Lipinski definition) is 6. The Kier molecular flexibility index (Phi) is 9.22. The molecule has 5 rings (SSSR count). The number of fused-ring (bicyclic) bond motifs is 1. The molecule has 0 bridgehead atoms. The van der Waals surface area contributed by atoms with Gasteiger partial charge in [0.05, 0.1) is 22.3 Å². The van der Waals surface area contributed by atoms with Crippen molar-refractivity contribution in [3.8, 4) is 5.75 Å². The van der Waals surface area contributed by atoms with Crippen LogP contribution in [0.2, 0.25) is 0 Å². The Morgan fingerprint density at radius 2 is 1.60 bits per heavy atom. The number of sulfone groups is 1. The summed E-state index contributed by atoms with van der Waals surface area (Å²) < 4.78 is 32.2. The van der Waals surface area contributed by atoms with E-state index < -0.39 is 9.84 Å². The Morgan fingerprint density at radius 3 is 2.33 bits per heavy atom. The Balaban J connectivity index is 0.00000370. The van der Waals surface area contributed by atoms with Crippen LogP contribution in [0.4, 0.5) is 0 Å². The molecule has 0 spiro atoms. The number of carbonyl (C=O) groups excluding carboxylic acids is 1. The fourth-order valence-electron chi connectivity index (χ4n) is 4.91. The van der Waals surface area contributed by atoms with Crippen molar-refractivity contribution in [1.82, 2.24) is 14.8 Å². The quantitative estimate of drug-likeness (QED) is 0.280. The summed E-state index contributed by atoms with van der Waals surface area (Å²) in [6.07, 6.45) is 1.73. The van der Waals surface area contributed by atoms with E-state index in [4.69, 9.17) is 4.74 Å². The van der Waals surface area contributed by atoms with Crippen molar-refractivity contribution in [2.75, 3.05) is 26.2 Å². The van der Waals surface area contributed by atoms with Crippen molar-refractivity contribution in [3.05, 3.63) is 102 Å². The molecule has 3 aromatic carbocycles. The van der Waals surface area contributed by atoms with E-state index in [1.807, 2.05) is 43.0 Å². The highest BCUT2D eigenvalue weighted by molar-refractivity contribution is 7.90. The molecule has 2 heterocycles. The van der Waals surface area contributed by atoms with Crippen molar-refractivity contribution in [3.63, 3.8) is 0 Å². The average Bonchev–Trinajstić information content (AvgIpc) is 2.93. The summed E-state index contributed by atoms with van der Waals surface area (Å²) in [4.78, 5) is 21.8. The van der Waals surface area contributed by atoms with Crippen LogP contribution < -0.4 is 4.74 Å². The number of benzene rings is 3. The van der Waals surface area contributed by atoms with Crippen molar-refractivity contribution in [2.45, 2.75) is 44.6 Å². The van der Waals surface area contributed by atoms with Crippen molar-refractivity contribution >= 4 is 26.6 Å². The lowest BCUT2D eigenvalue weighted by Gasteiger charge is -2.35. The Morgan fingerprint density at radius 1 is 0.900 bits per heavy atom. The molecule has 1 aromatic heterocycles. The lowest BCUT2D eigenvalue weighted by atomic mass is 10.1. The monoisotopic (exact) mass is 559 g/mol. The summed E-state index contributed by atoms with van der Waals surface area (Å²) >= 11 is 0. The fraction of sp³-hybridized carbons (Fsp3) is 0.312. The lowest BCUT2D eigenvalue weighted by molar-refractivity contribution is 0.0628. The number of nitrogens with zero attached hydrogens (tertiary/aromatic N) is 3. The minimum atomic E-state index is -3.61. The van der Waals surface area contributed by atoms with Gasteiger partial charge in [-0.3, -0.25) is 14.7 Å². The van der Waals surface area contributed by atoms with Gasteiger partial charge in [-0.25, -0.2) is 8.42 Å². The van der Waals surface area contributed by atoms with Crippen molar-refractivity contribution in [2.24, 2.45) is 0 Å². The highest BCUT2D eigenvalue weighted by Gasteiger charge is 2.23. The smallest absolute Gasteiger partial charge is 0.253 e. The zero-order valence-corrected chi connectivity index (χ0v) is 23.1. The van der Waals surface area contributed by atoms with E-state index in [9.17, 15) is 13.2 Å². The molecule has 0 atom stereocenters. The van der Waals surface area contributed by atoms with Gasteiger partial charge in [-0.15, -0.1) is 0 Å². The molecule has 0 saturated carbocycles. The summed E-state index contributed by atoms with van der Waals surface area (Å²) in [5, 5.41) is 0.785. The number of aromatic nitrogens is 1. The first-order valence-corrected chi connectivity index (χ1v) is 14.9. The van der Waals surface area contributed by atoms with Crippen LogP contribution in [0.15, 0.2) is 90.0 Å². The lowest BCUT2D eigenvalue weighted by Crippen LogP contribution is -2.48. The largest absolute Gasteiger partial charge is 0.491 e. The highest BCUT2D eigenvalue weighted by atomic mass is 32.2. The maximum atomic E-state index is 13.2. The minimum Gasteiger partial charge on any atom is -0.491 e. The first-order chi connectivity index (χ1) is 18.8. The van der Waals surface area contributed by atoms with Gasteiger partial charge in [-0.05, 0) is 61.4 Å². The van der Waals surface area contributed by atoms with Gasteiger partial charge in [-0.2, -0.15) is 0 Å². The molecule has 40 heavy (non-hydrogen) atoms. The summed E-state index contributed by atoms with van der Waals surface area (Å²) in [5.41, 5.74) is 2.86. The van der Waals surface area contributed by atoms with Gasteiger partial charge >= 0.3 is 0 Å². The summed E-state index contributed by atoms with van der Waals surface area (Å²) in [6, 6.07) is 23.9. The highest BCUT2D eigenvalue weighted by Crippen LogP contribution is 2.24. The fourth-order valence-corrected chi connectivity index (χ4v) is 6.44. The third kappa shape index (κ3) is 6.87. The van der Waals surface area contributed by atoms with E-state index >= 15 is 0 Å². The Hall–Kier alpha value is -3.75. The molecule has 7 nitrogen and oxygen atoms in total. The molecule has 0 N–H and O–H groups in total. The van der Waals surface area contributed by atoms with Gasteiger partial charge in [0.2, 0.25) is 0 Å². The van der Waals surface area contributed by atoms with E-state index in [1.54, 1.807) is 48.7 Å². The van der Waals surface area contributed by atoms with E-state index in [-0.39, 0.29) is 30.1 Å². The van der Waals surface area contributed by atoms with Gasteiger partial charge in [0.15, 0.2) is 9.84 Å².